The highest BCUT2D eigenvalue weighted by Crippen LogP contribution is 2.25. The molecule has 3 aromatic rings. The van der Waals surface area contributed by atoms with Crippen molar-refractivity contribution in [1.29, 1.82) is 0 Å². The van der Waals surface area contributed by atoms with E-state index in [9.17, 15) is 4.79 Å². The minimum absolute atomic E-state index is 0.0884. The van der Waals surface area contributed by atoms with Crippen LogP contribution in [0.15, 0.2) is 72.8 Å². The Bertz CT molecular complexity index is 1010. The number of nitrogens with one attached hydrogen (secondary N) is 1. The van der Waals surface area contributed by atoms with Crippen molar-refractivity contribution in [2.45, 2.75) is 25.8 Å². The normalized spacial score (nSPS) is 16.0. The predicted octanol–water partition coefficient (Wildman–Crippen LogP) is 5.31. The van der Waals surface area contributed by atoms with E-state index in [2.05, 4.69) is 72.5 Å². The van der Waals surface area contributed by atoms with Gasteiger partial charge >= 0.3 is 0 Å². The molecule has 1 saturated heterocycles. The summed E-state index contributed by atoms with van der Waals surface area (Å²) in [6.07, 6.45) is 2.22. The number of anilines is 2. The van der Waals surface area contributed by atoms with Crippen molar-refractivity contribution >= 4 is 17.3 Å². The van der Waals surface area contributed by atoms with Crippen LogP contribution in [0.5, 0.6) is 0 Å². The molecule has 3 aromatic carbocycles. The monoisotopic (exact) mass is 413 g/mol. The Kier molecular flexibility index (Phi) is 6.38. The van der Waals surface area contributed by atoms with Gasteiger partial charge in [0.1, 0.15) is 0 Å². The van der Waals surface area contributed by atoms with Gasteiger partial charge in [0.15, 0.2) is 0 Å². The third kappa shape index (κ3) is 4.97. The second-order valence-corrected chi connectivity index (χ2v) is 8.48. The largest absolute Gasteiger partial charge is 0.370 e. The lowest BCUT2D eigenvalue weighted by Gasteiger charge is -2.22. The zero-order valence-corrected chi connectivity index (χ0v) is 18.6. The van der Waals surface area contributed by atoms with Crippen molar-refractivity contribution in [3.05, 3.63) is 83.9 Å². The summed E-state index contributed by atoms with van der Waals surface area (Å²) in [6.45, 7) is 4.27. The van der Waals surface area contributed by atoms with Gasteiger partial charge in [0, 0.05) is 36.1 Å². The average Bonchev–Trinajstić information content (AvgIpc) is 3.30. The van der Waals surface area contributed by atoms with Crippen molar-refractivity contribution in [2.75, 3.05) is 37.4 Å². The molecule has 0 saturated carbocycles. The molecule has 0 aromatic heterocycles. The van der Waals surface area contributed by atoms with E-state index in [1.165, 1.54) is 17.7 Å². The lowest BCUT2D eigenvalue weighted by molar-refractivity contribution is 0.102. The number of hydrogen-bond donors (Lipinski definition) is 1. The van der Waals surface area contributed by atoms with E-state index in [0.29, 0.717) is 11.6 Å². The molecule has 1 aliphatic rings. The summed E-state index contributed by atoms with van der Waals surface area (Å²) in [6, 6.07) is 25.1. The van der Waals surface area contributed by atoms with Crippen LogP contribution in [-0.2, 0) is 6.42 Å². The summed E-state index contributed by atoms with van der Waals surface area (Å²) in [5, 5.41) is 3.01. The molecule has 0 radical (unpaired) electrons. The lowest BCUT2D eigenvalue weighted by atomic mass is 10.0. The average molecular weight is 414 g/mol. The summed E-state index contributed by atoms with van der Waals surface area (Å²) < 4.78 is 0. The fourth-order valence-corrected chi connectivity index (χ4v) is 4.10. The van der Waals surface area contributed by atoms with Gasteiger partial charge in [-0.25, -0.2) is 0 Å². The highest BCUT2D eigenvalue weighted by atomic mass is 16.1. The number of nitrogens with zero attached hydrogens (tertiary/aromatic N) is 2. The smallest absolute Gasteiger partial charge is 0.255 e. The fourth-order valence-electron chi connectivity index (χ4n) is 4.10. The predicted molar refractivity (Wildman–Crippen MR) is 130 cm³/mol. The third-order valence-corrected chi connectivity index (χ3v) is 6.23. The van der Waals surface area contributed by atoms with Gasteiger partial charge in [-0.2, -0.15) is 0 Å². The zero-order valence-electron chi connectivity index (χ0n) is 18.6. The summed E-state index contributed by atoms with van der Waals surface area (Å²) >= 11 is 0. The molecule has 4 rings (SSSR count). The molecule has 1 unspecified atom stereocenters. The van der Waals surface area contributed by atoms with E-state index >= 15 is 0 Å². The van der Waals surface area contributed by atoms with Gasteiger partial charge in [0.05, 0.1) is 0 Å². The van der Waals surface area contributed by atoms with Gasteiger partial charge in [0.2, 0.25) is 0 Å². The summed E-state index contributed by atoms with van der Waals surface area (Å²) in [5.41, 5.74) is 6.29. The van der Waals surface area contributed by atoms with Crippen LogP contribution < -0.4 is 10.2 Å². The number of aryl methyl sites for hydroxylation is 1. The van der Waals surface area contributed by atoms with E-state index in [0.717, 1.165) is 36.3 Å². The Hall–Kier alpha value is -3.11. The number of hydrogen-bond acceptors (Lipinski definition) is 3. The minimum Gasteiger partial charge on any atom is -0.370 e. The quantitative estimate of drug-likeness (QED) is 0.595. The summed E-state index contributed by atoms with van der Waals surface area (Å²) in [5.74, 6) is -0.0884. The number of carbonyl (C=O) groups is 1. The van der Waals surface area contributed by atoms with Gasteiger partial charge in [-0.05, 0) is 80.0 Å². The first-order valence-electron chi connectivity index (χ1n) is 11.1. The minimum atomic E-state index is -0.0884. The van der Waals surface area contributed by atoms with Gasteiger partial charge in [0.25, 0.3) is 5.91 Å². The Morgan fingerprint density at radius 3 is 2.10 bits per heavy atom. The fraction of sp³-hybridized carbons (Fsp3) is 0.296. The Morgan fingerprint density at radius 1 is 0.935 bits per heavy atom. The highest BCUT2D eigenvalue weighted by molar-refractivity contribution is 6.04. The molecule has 1 amide bonds. The van der Waals surface area contributed by atoms with Crippen molar-refractivity contribution in [1.82, 2.24) is 4.90 Å². The van der Waals surface area contributed by atoms with Gasteiger partial charge in [-0.3, -0.25) is 4.79 Å². The number of amides is 1. The van der Waals surface area contributed by atoms with Crippen LogP contribution >= 0.6 is 0 Å². The number of carbonyl (C=O) groups excluding carboxylic acids is 1. The number of likely N-dealkylation sites (N-methyl/N-ethyl adjacent to an activating group) is 1. The molecule has 1 aliphatic heterocycles. The van der Waals surface area contributed by atoms with Crippen molar-refractivity contribution in [3.8, 4) is 11.1 Å². The molecule has 1 fully saturated rings. The van der Waals surface area contributed by atoms with Crippen LogP contribution in [0.3, 0.4) is 0 Å². The molecular weight excluding hydrogens is 382 g/mol. The third-order valence-electron chi connectivity index (χ3n) is 6.23. The molecule has 160 valence electrons. The van der Waals surface area contributed by atoms with Gasteiger partial charge in [-0.1, -0.05) is 43.3 Å². The molecule has 4 nitrogen and oxygen atoms in total. The van der Waals surface area contributed by atoms with E-state index in [4.69, 9.17) is 0 Å². The topological polar surface area (TPSA) is 35.6 Å². The van der Waals surface area contributed by atoms with E-state index in [1.54, 1.807) is 0 Å². The summed E-state index contributed by atoms with van der Waals surface area (Å²) in [4.78, 5) is 17.4. The second kappa shape index (κ2) is 9.36. The van der Waals surface area contributed by atoms with Crippen LogP contribution in [0.25, 0.3) is 11.1 Å². The molecule has 4 heteroatoms. The van der Waals surface area contributed by atoms with Crippen molar-refractivity contribution in [2.24, 2.45) is 0 Å². The number of benzene rings is 3. The van der Waals surface area contributed by atoms with Crippen LogP contribution in [0.4, 0.5) is 11.4 Å². The maximum atomic E-state index is 12.7. The van der Waals surface area contributed by atoms with Gasteiger partial charge < -0.3 is 15.1 Å². The first-order valence-corrected chi connectivity index (χ1v) is 11.1. The maximum absolute atomic E-state index is 12.7. The second-order valence-electron chi connectivity index (χ2n) is 8.48. The Morgan fingerprint density at radius 2 is 1.55 bits per heavy atom. The molecule has 1 N–H and O–H groups in total. The first-order chi connectivity index (χ1) is 15.0. The molecule has 0 bridgehead atoms. The zero-order chi connectivity index (χ0) is 21.8. The maximum Gasteiger partial charge on any atom is 0.255 e. The van der Waals surface area contributed by atoms with Crippen molar-refractivity contribution < 1.29 is 4.79 Å². The molecule has 1 heterocycles. The molecule has 31 heavy (non-hydrogen) atoms. The van der Waals surface area contributed by atoms with Crippen molar-refractivity contribution in [3.63, 3.8) is 0 Å². The SMILES string of the molecule is CCc1ccc(-c2ccc(C(=O)Nc3ccc(N4CCC(N(C)C)C4)cc3)cc2)cc1. The molecule has 0 aliphatic carbocycles. The Labute approximate surface area is 185 Å². The van der Waals surface area contributed by atoms with Crippen LogP contribution in [0, 0.1) is 0 Å². The Balaban J connectivity index is 1.37. The molecule has 1 atom stereocenters. The standard InChI is InChI=1S/C27H31N3O/c1-4-20-5-7-21(8-6-20)22-9-11-23(12-10-22)27(31)28-24-13-15-25(16-14-24)30-18-17-26(19-30)29(2)3/h5-16,26H,4,17-19H2,1-3H3,(H,28,31). The molecular formula is C27H31N3O. The van der Waals surface area contributed by atoms with Gasteiger partial charge in [-0.15, -0.1) is 0 Å². The van der Waals surface area contributed by atoms with E-state index in [-0.39, 0.29) is 5.91 Å². The van der Waals surface area contributed by atoms with Crippen LogP contribution in [-0.4, -0.2) is 44.0 Å². The van der Waals surface area contributed by atoms with E-state index in [1.807, 2.05) is 36.4 Å². The number of rotatable bonds is 6. The highest BCUT2D eigenvalue weighted by Gasteiger charge is 2.23. The summed E-state index contributed by atoms with van der Waals surface area (Å²) in [7, 11) is 4.28. The first kappa shape index (κ1) is 21.1. The van der Waals surface area contributed by atoms with E-state index < -0.39 is 0 Å². The molecule has 0 spiro atoms. The van der Waals surface area contributed by atoms with Crippen LogP contribution in [0.2, 0.25) is 0 Å². The lowest BCUT2D eigenvalue weighted by Crippen LogP contribution is -2.31. The van der Waals surface area contributed by atoms with Crippen LogP contribution in [0.1, 0.15) is 29.3 Å².